The quantitative estimate of drug-likeness (QED) is 0.357. The second kappa shape index (κ2) is 8.88. The van der Waals surface area contributed by atoms with Gasteiger partial charge in [-0.1, -0.05) is 54.6 Å². The normalized spacial score (nSPS) is 16.5. The molecule has 190 valence electrons. The van der Waals surface area contributed by atoms with E-state index < -0.39 is 49.9 Å². The molecule has 0 fully saturated rings. The molecule has 4 aromatic rings. The molecular weight excluding hydrogens is 507 g/mol. The summed E-state index contributed by atoms with van der Waals surface area (Å²) < 4.78 is 72.9. The number of alkyl halides is 3. The lowest BCUT2D eigenvalue weighted by Crippen LogP contribution is -2.30. The maximum absolute atomic E-state index is 13.6. The average molecular weight is 528 g/mol. The molecule has 37 heavy (non-hydrogen) atoms. The van der Waals surface area contributed by atoms with Gasteiger partial charge in [0.1, 0.15) is 11.1 Å². The van der Waals surface area contributed by atoms with Crippen molar-refractivity contribution in [2.45, 2.75) is 23.7 Å². The van der Waals surface area contributed by atoms with Gasteiger partial charge >= 0.3 is 12.1 Å². The first-order valence-corrected chi connectivity index (χ1v) is 12.9. The molecule has 0 spiro atoms. The number of nitrogens with zero attached hydrogens (tertiary/aromatic N) is 1. The third-order valence-corrected chi connectivity index (χ3v) is 8.23. The molecule has 1 aliphatic rings. The van der Waals surface area contributed by atoms with Crippen molar-refractivity contribution >= 4 is 26.6 Å². The van der Waals surface area contributed by atoms with Crippen molar-refractivity contribution in [1.82, 2.24) is 4.57 Å². The highest BCUT2D eigenvalue weighted by molar-refractivity contribution is 7.91. The molecule has 6 nitrogen and oxygen atoms in total. The van der Waals surface area contributed by atoms with E-state index >= 15 is 0 Å². The molecule has 0 saturated heterocycles. The molecule has 0 saturated carbocycles. The molecule has 0 bridgehead atoms. The first-order chi connectivity index (χ1) is 17.5. The van der Waals surface area contributed by atoms with Gasteiger partial charge in [0.05, 0.1) is 18.4 Å². The number of halogens is 3. The summed E-state index contributed by atoms with van der Waals surface area (Å²) in [6.07, 6.45) is -4.59. The monoisotopic (exact) mass is 527 g/mol. The van der Waals surface area contributed by atoms with Crippen LogP contribution in [-0.4, -0.2) is 31.8 Å². The van der Waals surface area contributed by atoms with Crippen LogP contribution < -0.4 is 5.56 Å². The van der Waals surface area contributed by atoms with Crippen molar-refractivity contribution in [3.05, 3.63) is 99.8 Å². The number of carbonyl (C=O) groups is 1. The zero-order valence-electron chi connectivity index (χ0n) is 19.5. The molecule has 0 unspecified atom stereocenters. The van der Waals surface area contributed by atoms with Crippen molar-refractivity contribution in [3.8, 4) is 11.1 Å². The molecule has 1 aliphatic heterocycles. The van der Waals surface area contributed by atoms with Crippen LogP contribution in [0.15, 0.2) is 82.6 Å². The summed E-state index contributed by atoms with van der Waals surface area (Å²) in [7, 11) is -3.17. The molecule has 10 heteroatoms. The Morgan fingerprint density at radius 2 is 1.70 bits per heavy atom. The number of hydrogen-bond acceptors (Lipinski definition) is 5. The number of aromatic nitrogens is 1. The van der Waals surface area contributed by atoms with Crippen molar-refractivity contribution in [2.24, 2.45) is 0 Å². The minimum Gasteiger partial charge on any atom is -0.467 e. The number of hydrogen-bond donors (Lipinski definition) is 0. The summed E-state index contributed by atoms with van der Waals surface area (Å²) in [5.41, 5.74) is -0.784. The predicted molar refractivity (Wildman–Crippen MR) is 131 cm³/mol. The fraction of sp³-hybridized carbons (Fsp3) is 0.185. The van der Waals surface area contributed by atoms with Gasteiger partial charge in [0.25, 0.3) is 5.56 Å². The van der Waals surface area contributed by atoms with Gasteiger partial charge in [-0.3, -0.25) is 9.36 Å². The van der Waals surface area contributed by atoms with Crippen LogP contribution in [0.25, 0.3) is 21.9 Å². The van der Waals surface area contributed by atoms with Gasteiger partial charge in [0, 0.05) is 11.6 Å². The number of benzene rings is 3. The van der Waals surface area contributed by atoms with E-state index in [0.717, 1.165) is 40.1 Å². The van der Waals surface area contributed by atoms with Crippen molar-refractivity contribution in [1.29, 1.82) is 0 Å². The lowest BCUT2D eigenvalue weighted by Gasteiger charge is -2.18. The van der Waals surface area contributed by atoms with Gasteiger partial charge < -0.3 is 4.74 Å². The smallest absolute Gasteiger partial charge is 0.416 e. The Labute approximate surface area is 209 Å². The second-order valence-electron chi connectivity index (χ2n) is 8.77. The molecule has 0 N–H and O–H groups in total. The van der Waals surface area contributed by atoms with Crippen LogP contribution in [0.1, 0.15) is 22.7 Å². The first kappa shape index (κ1) is 24.8. The summed E-state index contributed by atoms with van der Waals surface area (Å²) in [6, 6.07) is 17.0. The largest absolute Gasteiger partial charge is 0.467 e. The highest BCUT2D eigenvalue weighted by atomic mass is 32.2. The van der Waals surface area contributed by atoms with E-state index in [1.165, 1.54) is 18.2 Å². The van der Waals surface area contributed by atoms with E-state index in [9.17, 15) is 31.2 Å². The molecule has 2 heterocycles. The Morgan fingerprint density at radius 1 is 1.00 bits per heavy atom. The highest BCUT2D eigenvalue weighted by Gasteiger charge is 2.43. The van der Waals surface area contributed by atoms with E-state index in [2.05, 4.69) is 0 Å². The molecule has 0 aliphatic carbocycles. The van der Waals surface area contributed by atoms with Crippen molar-refractivity contribution in [3.63, 3.8) is 0 Å². The Bertz CT molecular complexity index is 1720. The minimum absolute atomic E-state index is 0.0251. The lowest BCUT2D eigenvalue weighted by molar-refractivity contribution is -0.144. The van der Waals surface area contributed by atoms with Crippen LogP contribution >= 0.6 is 0 Å². The number of methoxy groups -OCH3 is 1. The lowest BCUT2D eigenvalue weighted by atomic mass is 9.93. The molecule has 1 atom stereocenters. The van der Waals surface area contributed by atoms with Crippen LogP contribution in [0.5, 0.6) is 0 Å². The van der Waals surface area contributed by atoms with Crippen LogP contribution in [0.2, 0.25) is 0 Å². The zero-order chi connectivity index (χ0) is 26.5. The molecule has 3 aromatic carbocycles. The van der Waals surface area contributed by atoms with Gasteiger partial charge in [0.15, 0.2) is 9.84 Å². The van der Waals surface area contributed by atoms with Crippen LogP contribution in [0.3, 0.4) is 0 Å². The molecule has 0 amide bonds. The van der Waals surface area contributed by atoms with Gasteiger partial charge in [0.2, 0.25) is 0 Å². The first-order valence-electron chi connectivity index (χ1n) is 11.2. The third kappa shape index (κ3) is 4.31. The Hall–Kier alpha value is -3.92. The fourth-order valence-electron chi connectivity index (χ4n) is 4.87. The third-order valence-electron chi connectivity index (χ3n) is 6.49. The number of pyridine rings is 1. The maximum atomic E-state index is 13.6. The Balaban J connectivity index is 1.83. The number of rotatable bonds is 4. The van der Waals surface area contributed by atoms with Crippen LogP contribution in [0.4, 0.5) is 13.2 Å². The van der Waals surface area contributed by atoms with E-state index in [-0.39, 0.29) is 23.1 Å². The molecule has 1 aromatic heterocycles. The van der Waals surface area contributed by atoms with Crippen molar-refractivity contribution < 1.29 is 31.1 Å². The van der Waals surface area contributed by atoms with Gasteiger partial charge in [-0.2, -0.15) is 13.2 Å². The van der Waals surface area contributed by atoms with E-state index in [0.29, 0.717) is 0 Å². The van der Waals surface area contributed by atoms with Gasteiger partial charge in [-0.25, -0.2) is 13.2 Å². The SMILES string of the molecule is COC(=O)[C@@H]1CS(=O)(=O)c2c(-c3cccc(C(F)(F)F)c3)c(Cc3cccc4ccccc34)cc(=O)n21. The van der Waals surface area contributed by atoms with E-state index in [1.54, 1.807) is 0 Å². The number of sulfone groups is 1. The van der Waals surface area contributed by atoms with E-state index in [1.807, 2.05) is 42.5 Å². The number of esters is 1. The Morgan fingerprint density at radius 3 is 2.43 bits per heavy atom. The molecule has 0 radical (unpaired) electrons. The average Bonchev–Trinajstić information content (AvgIpc) is 3.15. The van der Waals surface area contributed by atoms with Gasteiger partial charge in [-0.15, -0.1) is 0 Å². The topological polar surface area (TPSA) is 82.4 Å². The molecular formula is C27H20F3NO5S. The highest BCUT2D eigenvalue weighted by Crippen LogP contribution is 2.40. The fourth-order valence-corrected chi connectivity index (χ4v) is 6.81. The summed E-state index contributed by atoms with van der Waals surface area (Å²) in [5, 5.41) is 1.29. The number of fused-ring (bicyclic) bond motifs is 2. The Kier molecular flexibility index (Phi) is 5.94. The molecule has 5 rings (SSSR count). The predicted octanol–water partition coefficient (Wildman–Crippen LogP) is 4.78. The zero-order valence-corrected chi connectivity index (χ0v) is 20.3. The van der Waals surface area contributed by atoms with Crippen molar-refractivity contribution in [2.75, 3.05) is 12.9 Å². The van der Waals surface area contributed by atoms with Crippen LogP contribution in [-0.2, 0) is 32.0 Å². The van der Waals surface area contributed by atoms with E-state index in [4.69, 9.17) is 4.74 Å². The summed E-state index contributed by atoms with van der Waals surface area (Å²) in [6.45, 7) is 0. The maximum Gasteiger partial charge on any atom is 0.416 e. The summed E-state index contributed by atoms with van der Waals surface area (Å²) in [4.78, 5) is 25.6. The minimum atomic E-state index is -4.67. The summed E-state index contributed by atoms with van der Waals surface area (Å²) in [5.74, 6) is -1.65. The standard InChI is InChI=1S/C27H20F3NO5S/c1-36-26(33)22-15-37(34,35)25-24(18-9-5-10-20(13-18)27(28,29)30)19(14-23(32)31(22)25)12-17-8-4-7-16-6-2-3-11-21(16)17/h2-11,13-14,22H,12,15H2,1H3/t22-/m0/s1. The summed E-state index contributed by atoms with van der Waals surface area (Å²) >= 11 is 0. The second-order valence-corrected chi connectivity index (χ2v) is 10.7. The number of ether oxygens (including phenoxy) is 1. The van der Waals surface area contributed by atoms with Crippen LogP contribution in [0, 0.1) is 0 Å². The number of carbonyl (C=O) groups excluding carboxylic acids is 1. The van der Waals surface area contributed by atoms with Gasteiger partial charge in [-0.05, 0) is 46.0 Å².